The Hall–Kier alpha value is -1.24. The summed E-state index contributed by atoms with van der Waals surface area (Å²) >= 11 is 0. The molecule has 1 amide bonds. The summed E-state index contributed by atoms with van der Waals surface area (Å²) < 4.78 is 18.7. The largest absolute Gasteiger partial charge is 0.494 e. The van der Waals surface area contributed by atoms with E-state index in [0.717, 1.165) is 31.6 Å². The zero-order valence-electron chi connectivity index (χ0n) is 15.5. The number of benzene rings is 1. The Morgan fingerprint density at radius 3 is 2.41 bits per heavy atom. The summed E-state index contributed by atoms with van der Waals surface area (Å²) in [6.45, 7) is 2.81. The molecule has 4 atom stereocenters. The van der Waals surface area contributed by atoms with E-state index in [1.807, 2.05) is 4.90 Å². The van der Waals surface area contributed by atoms with Crippen LogP contribution in [0.25, 0.3) is 0 Å². The number of fused-ring (bicyclic) bond motifs is 2. The van der Waals surface area contributed by atoms with Gasteiger partial charge < -0.3 is 20.3 Å². The fourth-order valence-corrected chi connectivity index (χ4v) is 4.99. The van der Waals surface area contributed by atoms with E-state index in [0.29, 0.717) is 30.7 Å². The zero-order valence-corrected chi connectivity index (χ0v) is 17.1. The molecule has 0 radical (unpaired) electrons. The Morgan fingerprint density at radius 1 is 1.15 bits per heavy atom. The van der Waals surface area contributed by atoms with E-state index in [1.165, 1.54) is 18.6 Å². The molecular formula is C19H28Cl2FN3O2. The van der Waals surface area contributed by atoms with E-state index < -0.39 is 0 Å². The number of nitrogens with two attached hydrogens (primary N) is 1. The lowest BCUT2D eigenvalue weighted by molar-refractivity contribution is -0.138. The Balaban J connectivity index is 0.00000131. The van der Waals surface area contributed by atoms with Crippen LogP contribution in [0.3, 0.4) is 0 Å². The lowest BCUT2D eigenvalue weighted by Gasteiger charge is -2.39. The summed E-state index contributed by atoms with van der Waals surface area (Å²) in [6, 6.07) is 4.64. The molecule has 1 heterocycles. The van der Waals surface area contributed by atoms with Crippen molar-refractivity contribution in [2.45, 2.75) is 25.3 Å². The van der Waals surface area contributed by atoms with Gasteiger partial charge in [0.2, 0.25) is 5.91 Å². The molecule has 1 aromatic carbocycles. The van der Waals surface area contributed by atoms with Crippen LogP contribution in [0, 0.1) is 23.6 Å². The Bertz CT molecular complexity index is 668. The maximum absolute atomic E-state index is 13.4. The highest BCUT2D eigenvalue weighted by atomic mass is 35.5. The third-order valence-electron chi connectivity index (χ3n) is 6.34. The number of hydrogen-bond donors (Lipinski definition) is 1. The minimum Gasteiger partial charge on any atom is -0.494 e. The van der Waals surface area contributed by atoms with Crippen molar-refractivity contribution in [3.63, 3.8) is 0 Å². The molecule has 2 saturated carbocycles. The summed E-state index contributed by atoms with van der Waals surface area (Å²) in [7, 11) is 1.55. The normalized spacial score (nSPS) is 29.1. The number of nitrogens with zero attached hydrogens (tertiary/aromatic N) is 2. The maximum Gasteiger partial charge on any atom is 0.227 e. The van der Waals surface area contributed by atoms with Crippen LogP contribution < -0.4 is 15.4 Å². The number of amides is 1. The Morgan fingerprint density at radius 2 is 1.81 bits per heavy atom. The summed E-state index contributed by atoms with van der Waals surface area (Å²) in [5.41, 5.74) is 7.21. The van der Waals surface area contributed by atoms with Gasteiger partial charge in [-0.3, -0.25) is 4.79 Å². The summed E-state index contributed by atoms with van der Waals surface area (Å²) in [5, 5.41) is 0. The molecule has 2 N–H and O–H groups in total. The van der Waals surface area contributed by atoms with E-state index >= 15 is 0 Å². The number of piperazine rings is 1. The molecule has 0 aromatic heterocycles. The van der Waals surface area contributed by atoms with Crippen LogP contribution in [-0.4, -0.2) is 50.1 Å². The van der Waals surface area contributed by atoms with Crippen LogP contribution >= 0.6 is 24.8 Å². The molecule has 2 bridgehead atoms. The molecule has 27 heavy (non-hydrogen) atoms. The number of rotatable bonds is 3. The first kappa shape index (κ1) is 22.1. The molecule has 3 aliphatic rings. The van der Waals surface area contributed by atoms with Gasteiger partial charge in [0, 0.05) is 38.3 Å². The number of hydrogen-bond acceptors (Lipinski definition) is 4. The van der Waals surface area contributed by atoms with Gasteiger partial charge in [0.1, 0.15) is 11.6 Å². The standard InChI is InChI=1S/C19H26FN3O2.2ClH/c1-25-16-11-14(20)4-5-15(16)22-6-8-23(9-7-22)19(24)17-12-2-3-13(10-12)18(17)21;;/h4-5,11-13,17-18H,2-3,6-10,21H2,1H3;2*1H. The first-order chi connectivity index (χ1) is 12.1. The molecule has 5 nitrogen and oxygen atoms in total. The van der Waals surface area contributed by atoms with Crippen molar-refractivity contribution in [2.24, 2.45) is 23.5 Å². The van der Waals surface area contributed by atoms with Crippen molar-refractivity contribution in [3.8, 4) is 5.75 Å². The van der Waals surface area contributed by atoms with Crippen LogP contribution in [0.2, 0.25) is 0 Å². The van der Waals surface area contributed by atoms with Gasteiger partial charge in [0.05, 0.1) is 18.7 Å². The lowest BCUT2D eigenvalue weighted by atomic mass is 9.84. The van der Waals surface area contributed by atoms with E-state index in [-0.39, 0.29) is 48.5 Å². The van der Waals surface area contributed by atoms with Crippen molar-refractivity contribution < 1.29 is 13.9 Å². The van der Waals surface area contributed by atoms with Gasteiger partial charge in [-0.2, -0.15) is 0 Å². The molecule has 8 heteroatoms. The summed E-state index contributed by atoms with van der Waals surface area (Å²) in [5.74, 6) is 1.53. The van der Waals surface area contributed by atoms with Crippen molar-refractivity contribution in [3.05, 3.63) is 24.0 Å². The molecule has 1 saturated heterocycles. The first-order valence-electron chi connectivity index (χ1n) is 9.21. The second-order valence-corrected chi connectivity index (χ2v) is 7.56. The highest BCUT2D eigenvalue weighted by Crippen LogP contribution is 2.48. The molecule has 152 valence electrons. The second-order valence-electron chi connectivity index (χ2n) is 7.56. The smallest absolute Gasteiger partial charge is 0.227 e. The number of carbonyl (C=O) groups excluding carboxylic acids is 1. The minimum atomic E-state index is -0.306. The highest BCUT2D eigenvalue weighted by molar-refractivity contribution is 5.85. The van der Waals surface area contributed by atoms with Gasteiger partial charge in [0.25, 0.3) is 0 Å². The molecule has 3 fully saturated rings. The van der Waals surface area contributed by atoms with Crippen LogP contribution in [-0.2, 0) is 4.79 Å². The molecule has 0 spiro atoms. The molecular weight excluding hydrogens is 392 g/mol. The number of anilines is 1. The summed E-state index contributed by atoms with van der Waals surface area (Å²) in [6.07, 6.45) is 3.47. The zero-order chi connectivity index (χ0) is 17.6. The van der Waals surface area contributed by atoms with Crippen LogP contribution in [0.15, 0.2) is 18.2 Å². The quantitative estimate of drug-likeness (QED) is 0.817. The average molecular weight is 420 g/mol. The lowest BCUT2D eigenvalue weighted by Crippen LogP contribution is -2.54. The molecule has 4 unspecified atom stereocenters. The SMILES string of the molecule is COc1cc(F)ccc1N1CCN(C(=O)C2C3CCC(C3)C2N)CC1.Cl.Cl. The molecule has 1 aromatic rings. The maximum atomic E-state index is 13.4. The van der Waals surface area contributed by atoms with Gasteiger partial charge in [-0.15, -0.1) is 24.8 Å². The highest BCUT2D eigenvalue weighted by Gasteiger charge is 2.50. The van der Waals surface area contributed by atoms with Gasteiger partial charge in [-0.1, -0.05) is 0 Å². The monoisotopic (exact) mass is 419 g/mol. The van der Waals surface area contributed by atoms with E-state index in [9.17, 15) is 9.18 Å². The van der Waals surface area contributed by atoms with Gasteiger partial charge >= 0.3 is 0 Å². The van der Waals surface area contributed by atoms with Crippen LogP contribution in [0.5, 0.6) is 5.75 Å². The van der Waals surface area contributed by atoms with Gasteiger partial charge in [-0.25, -0.2) is 4.39 Å². The predicted octanol–water partition coefficient (Wildman–Crippen LogP) is 2.70. The Kier molecular flexibility index (Phi) is 7.22. The number of carbonyl (C=O) groups is 1. The average Bonchev–Trinajstić information content (AvgIpc) is 3.22. The third-order valence-corrected chi connectivity index (χ3v) is 6.34. The fourth-order valence-electron chi connectivity index (χ4n) is 4.99. The number of ether oxygens (including phenoxy) is 1. The van der Waals surface area contributed by atoms with Gasteiger partial charge in [-0.05, 0) is 43.2 Å². The van der Waals surface area contributed by atoms with Gasteiger partial charge in [0.15, 0.2) is 0 Å². The van der Waals surface area contributed by atoms with Crippen LogP contribution in [0.4, 0.5) is 10.1 Å². The molecule has 2 aliphatic carbocycles. The predicted molar refractivity (Wildman–Crippen MR) is 109 cm³/mol. The van der Waals surface area contributed by atoms with E-state index in [4.69, 9.17) is 10.5 Å². The summed E-state index contributed by atoms with van der Waals surface area (Å²) in [4.78, 5) is 17.1. The van der Waals surface area contributed by atoms with Crippen LogP contribution in [0.1, 0.15) is 19.3 Å². The van der Waals surface area contributed by atoms with Crippen molar-refractivity contribution in [1.29, 1.82) is 0 Å². The minimum absolute atomic E-state index is 0. The van der Waals surface area contributed by atoms with Crippen molar-refractivity contribution >= 4 is 36.4 Å². The molecule has 4 rings (SSSR count). The van der Waals surface area contributed by atoms with Crippen molar-refractivity contribution in [1.82, 2.24) is 4.90 Å². The number of halogens is 3. The first-order valence-corrected chi connectivity index (χ1v) is 9.21. The van der Waals surface area contributed by atoms with E-state index in [1.54, 1.807) is 13.2 Å². The molecule has 1 aliphatic heterocycles. The second kappa shape index (κ2) is 8.84. The third kappa shape index (κ3) is 3.98. The topological polar surface area (TPSA) is 58.8 Å². The Labute approximate surface area is 172 Å². The van der Waals surface area contributed by atoms with Crippen molar-refractivity contribution in [2.75, 3.05) is 38.2 Å². The fraction of sp³-hybridized carbons (Fsp3) is 0.632. The van der Waals surface area contributed by atoms with E-state index in [2.05, 4.69) is 4.90 Å². The number of methoxy groups -OCH3 is 1.